The maximum Gasteiger partial charge on any atom is 0.0600 e. The van der Waals surface area contributed by atoms with E-state index < -0.39 is 0 Å². The molecule has 2 heteroatoms. The van der Waals surface area contributed by atoms with Crippen LogP contribution in [-0.4, -0.2) is 19.3 Å². The molecule has 0 aromatic heterocycles. The fourth-order valence-electron chi connectivity index (χ4n) is 5.69. The van der Waals surface area contributed by atoms with Gasteiger partial charge in [0.1, 0.15) is 0 Å². The molecule has 0 radical (unpaired) electrons. The van der Waals surface area contributed by atoms with Crippen LogP contribution in [0.2, 0.25) is 0 Å². The average molecular weight is 321 g/mol. The van der Waals surface area contributed by atoms with Crippen molar-refractivity contribution in [3.8, 4) is 0 Å². The highest BCUT2D eigenvalue weighted by atomic mass is 15.2. The fraction of sp³-hybridized carbons (Fsp3) is 1.00. The summed E-state index contributed by atoms with van der Waals surface area (Å²) in [5.74, 6) is 4.93. The van der Waals surface area contributed by atoms with Crippen molar-refractivity contribution in [2.24, 2.45) is 29.6 Å². The highest BCUT2D eigenvalue weighted by Crippen LogP contribution is 2.42. The molecule has 0 aromatic rings. The summed E-state index contributed by atoms with van der Waals surface area (Å²) < 4.78 is 0. The van der Waals surface area contributed by atoms with Gasteiger partial charge < -0.3 is 10.6 Å². The topological polar surface area (TPSA) is 24.1 Å². The molecule has 3 rings (SSSR count). The van der Waals surface area contributed by atoms with Crippen LogP contribution in [0.3, 0.4) is 0 Å². The lowest BCUT2D eigenvalue weighted by Gasteiger charge is -2.42. The van der Waals surface area contributed by atoms with Gasteiger partial charge in [-0.1, -0.05) is 39.5 Å². The second kappa shape index (κ2) is 8.85. The Hall–Kier alpha value is -0.0800. The van der Waals surface area contributed by atoms with Crippen molar-refractivity contribution in [1.82, 2.24) is 10.6 Å². The molecule has 134 valence electrons. The van der Waals surface area contributed by atoms with E-state index in [1.165, 1.54) is 83.7 Å². The van der Waals surface area contributed by atoms with Crippen LogP contribution in [-0.2, 0) is 0 Å². The summed E-state index contributed by atoms with van der Waals surface area (Å²) in [6.07, 6.45) is 16.8. The van der Waals surface area contributed by atoms with Gasteiger partial charge in [-0.05, 0) is 74.5 Å². The average Bonchev–Trinajstić information content (AvgIpc) is 2.63. The van der Waals surface area contributed by atoms with Crippen LogP contribution in [0.25, 0.3) is 0 Å². The van der Waals surface area contributed by atoms with Crippen molar-refractivity contribution in [2.45, 2.75) is 90.6 Å². The van der Waals surface area contributed by atoms with Gasteiger partial charge in [-0.3, -0.25) is 0 Å². The molecule has 2 nitrogen and oxygen atoms in total. The molecule has 1 heterocycles. The minimum absolute atomic E-state index is 0.611. The van der Waals surface area contributed by atoms with Gasteiger partial charge in [0.05, 0.1) is 6.17 Å². The number of hydrogen-bond acceptors (Lipinski definition) is 2. The normalized spacial score (nSPS) is 42.5. The van der Waals surface area contributed by atoms with E-state index in [9.17, 15) is 0 Å². The Labute approximate surface area is 144 Å². The second-order valence-electron chi connectivity index (χ2n) is 8.81. The summed E-state index contributed by atoms with van der Waals surface area (Å²) in [7, 11) is 0. The van der Waals surface area contributed by atoms with Crippen molar-refractivity contribution in [2.75, 3.05) is 13.1 Å². The maximum absolute atomic E-state index is 3.82. The maximum atomic E-state index is 3.82. The van der Waals surface area contributed by atoms with Gasteiger partial charge in [0.15, 0.2) is 0 Å². The number of nitrogens with one attached hydrogen (secondary N) is 2. The summed E-state index contributed by atoms with van der Waals surface area (Å²) in [6, 6.07) is 0. The smallest absolute Gasteiger partial charge is 0.0600 e. The molecule has 0 unspecified atom stereocenters. The summed E-state index contributed by atoms with van der Waals surface area (Å²) in [6.45, 7) is 7.17. The third-order valence-corrected chi connectivity index (χ3v) is 7.37. The van der Waals surface area contributed by atoms with Crippen LogP contribution in [0.15, 0.2) is 0 Å². The first kappa shape index (κ1) is 17.7. The summed E-state index contributed by atoms with van der Waals surface area (Å²) in [5.41, 5.74) is 0. The monoisotopic (exact) mass is 320 g/mol. The molecular formula is C21H40N2. The molecule has 2 aliphatic carbocycles. The largest absolute Gasteiger partial charge is 0.301 e. The second-order valence-corrected chi connectivity index (χ2v) is 8.81. The zero-order valence-electron chi connectivity index (χ0n) is 15.7. The minimum Gasteiger partial charge on any atom is -0.301 e. The zero-order valence-corrected chi connectivity index (χ0v) is 15.7. The quantitative estimate of drug-likeness (QED) is 0.749. The molecule has 0 bridgehead atoms. The lowest BCUT2D eigenvalue weighted by Crippen LogP contribution is -2.56. The third-order valence-electron chi connectivity index (χ3n) is 7.37. The van der Waals surface area contributed by atoms with Crippen molar-refractivity contribution >= 4 is 0 Å². The van der Waals surface area contributed by atoms with Gasteiger partial charge in [-0.15, -0.1) is 0 Å². The molecule has 0 aromatic carbocycles. The van der Waals surface area contributed by atoms with Crippen LogP contribution in [0, 0.1) is 29.6 Å². The Morgan fingerprint density at radius 2 is 1.17 bits per heavy atom. The fourth-order valence-corrected chi connectivity index (χ4v) is 5.69. The molecular weight excluding hydrogens is 280 g/mol. The van der Waals surface area contributed by atoms with Gasteiger partial charge in [0.2, 0.25) is 0 Å². The van der Waals surface area contributed by atoms with Gasteiger partial charge in [0.25, 0.3) is 0 Å². The predicted octanol–water partition coefficient (Wildman–Crippen LogP) is 4.94. The van der Waals surface area contributed by atoms with Gasteiger partial charge in [0, 0.05) is 13.1 Å². The van der Waals surface area contributed by atoms with Crippen LogP contribution >= 0.6 is 0 Å². The lowest BCUT2D eigenvalue weighted by atomic mass is 9.68. The molecule has 23 heavy (non-hydrogen) atoms. The lowest BCUT2D eigenvalue weighted by molar-refractivity contribution is 0.114. The SMILES string of the molecule is CCCC1CNC(C2CCC(C3CCC(CC)CC3)CC2)NC1. The highest BCUT2D eigenvalue weighted by molar-refractivity contribution is 4.87. The Kier molecular flexibility index (Phi) is 6.83. The Morgan fingerprint density at radius 1 is 0.652 bits per heavy atom. The van der Waals surface area contributed by atoms with E-state index in [0.717, 1.165) is 29.6 Å². The van der Waals surface area contributed by atoms with Crippen molar-refractivity contribution in [3.05, 3.63) is 0 Å². The van der Waals surface area contributed by atoms with Gasteiger partial charge in [-0.25, -0.2) is 0 Å². The molecule has 1 aliphatic heterocycles. The molecule has 0 atom stereocenters. The highest BCUT2D eigenvalue weighted by Gasteiger charge is 2.34. The zero-order chi connectivity index (χ0) is 16.1. The molecule has 0 amide bonds. The first-order valence-corrected chi connectivity index (χ1v) is 10.8. The van der Waals surface area contributed by atoms with E-state index in [1.54, 1.807) is 0 Å². The third kappa shape index (κ3) is 4.72. The predicted molar refractivity (Wildman–Crippen MR) is 99.4 cm³/mol. The minimum atomic E-state index is 0.611. The molecule has 2 N–H and O–H groups in total. The number of rotatable bonds is 5. The standard InChI is InChI=1S/C21H40N2/c1-3-5-17-14-22-21(23-15-17)20-12-10-19(11-13-20)18-8-6-16(4-2)7-9-18/h16-23H,3-15H2,1-2H3. The first-order valence-electron chi connectivity index (χ1n) is 10.8. The van der Waals surface area contributed by atoms with E-state index in [2.05, 4.69) is 24.5 Å². The Bertz CT molecular complexity index is 319. The molecule has 1 saturated heterocycles. The summed E-state index contributed by atoms with van der Waals surface area (Å²) in [5, 5.41) is 7.64. The van der Waals surface area contributed by atoms with Crippen LogP contribution in [0.5, 0.6) is 0 Å². The Morgan fingerprint density at radius 3 is 1.70 bits per heavy atom. The van der Waals surface area contributed by atoms with Gasteiger partial charge in [-0.2, -0.15) is 0 Å². The van der Waals surface area contributed by atoms with E-state index in [0.29, 0.717) is 6.17 Å². The van der Waals surface area contributed by atoms with Gasteiger partial charge >= 0.3 is 0 Å². The van der Waals surface area contributed by atoms with Crippen molar-refractivity contribution in [3.63, 3.8) is 0 Å². The van der Waals surface area contributed by atoms with Crippen LogP contribution in [0.1, 0.15) is 84.5 Å². The van der Waals surface area contributed by atoms with Crippen LogP contribution in [0.4, 0.5) is 0 Å². The van der Waals surface area contributed by atoms with E-state index in [1.807, 2.05) is 0 Å². The van der Waals surface area contributed by atoms with E-state index in [4.69, 9.17) is 0 Å². The molecule has 0 spiro atoms. The molecule has 2 saturated carbocycles. The van der Waals surface area contributed by atoms with E-state index >= 15 is 0 Å². The Balaban J connectivity index is 1.37. The van der Waals surface area contributed by atoms with Crippen LogP contribution < -0.4 is 10.6 Å². The van der Waals surface area contributed by atoms with Crippen molar-refractivity contribution < 1.29 is 0 Å². The summed E-state index contributed by atoms with van der Waals surface area (Å²) >= 11 is 0. The molecule has 3 aliphatic rings. The van der Waals surface area contributed by atoms with Crippen molar-refractivity contribution in [1.29, 1.82) is 0 Å². The molecule has 3 fully saturated rings. The first-order chi connectivity index (χ1) is 11.3. The van der Waals surface area contributed by atoms with E-state index in [-0.39, 0.29) is 0 Å². The number of hydrogen-bond donors (Lipinski definition) is 2. The summed E-state index contributed by atoms with van der Waals surface area (Å²) in [4.78, 5) is 0.